The quantitative estimate of drug-likeness (QED) is 0.819. The molecule has 0 spiro atoms. The Morgan fingerprint density at radius 2 is 2.16 bits per heavy atom. The zero-order valence-corrected chi connectivity index (χ0v) is 11.3. The number of hydrogen-bond donors (Lipinski definition) is 1. The number of alkyl halides is 4. The van der Waals surface area contributed by atoms with Gasteiger partial charge in [-0.25, -0.2) is 8.78 Å². The first-order valence-corrected chi connectivity index (χ1v) is 6.42. The van der Waals surface area contributed by atoms with Gasteiger partial charge in [-0.2, -0.15) is 8.78 Å². The van der Waals surface area contributed by atoms with Gasteiger partial charge in [0.15, 0.2) is 0 Å². The molecule has 0 saturated heterocycles. The van der Waals surface area contributed by atoms with Crippen LogP contribution >= 0.6 is 15.9 Å². The van der Waals surface area contributed by atoms with Gasteiger partial charge in [0.05, 0.1) is 6.54 Å². The number of carbonyl (C=O) groups is 1. The molecule has 2 rings (SSSR count). The smallest absolute Gasteiger partial charge is 0.324 e. The van der Waals surface area contributed by atoms with Crippen LogP contribution in [0.1, 0.15) is 29.4 Å². The van der Waals surface area contributed by atoms with Crippen molar-refractivity contribution in [1.82, 2.24) is 9.88 Å². The van der Waals surface area contributed by atoms with E-state index in [1.54, 1.807) is 10.8 Å². The highest BCUT2D eigenvalue weighted by molar-refractivity contribution is 9.10. The van der Waals surface area contributed by atoms with Crippen molar-refractivity contribution < 1.29 is 22.4 Å². The minimum absolute atomic E-state index is 0.183. The topological polar surface area (TPSA) is 34.0 Å². The van der Waals surface area contributed by atoms with Crippen LogP contribution in [-0.2, 0) is 0 Å². The minimum Gasteiger partial charge on any atom is -0.344 e. The van der Waals surface area contributed by atoms with E-state index < -0.39 is 24.8 Å². The molecule has 106 valence electrons. The van der Waals surface area contributed by atoms with E-state index in [1.807, 2.05) is 5.32 Å². The Morgan fingerprint density at radius 3 is 2.68 bits per heavy atom. The molecule has 0 aliphatic heterocycles. The number of halogens is 5. The first-order chi connectivity index (χ1) is 8.81. The SMILES string of the molecule is O=C(NCC(F)(F)C(F)F)c1cc(Br)cn1C1CC1. The standard InChI is InChI=1S/C11H11BrF4N2O/c12-6-3-8(18(4-6)7-1-2-7)9(19)17-5-11(15,16)10(13)14/h3-4,7,10H,1-2,5H2,(H,17,19). The lowest BCUT2D eigenvalue weighted by Crippen LogP contribution is -2.41. The molecule has 0 radical (unpaired) electrons. The Kier molecular flexibility index (Phi) is 3.89. The molecule has 1 saturated carbocycles. The Labute approximate surface area is 115 Å². The van der Waals surface area contributed by atoms with Crippen LogP contribution in [0.25, 0.3) is 0 Å². The summed E-state index contributed by atoms with van der Waals surface area (Å²) in [6.07, 6.45) is -0.296. The number of aromatic nitrogens is 1. The Balaban J connectivity index is 2.04. The first-order valence-electron chi connectivity index (χ1n) is 5.63. The fourth-order valence-corrected chi connectivity index (χ4v) is 2.09. The summed E-state index contributed by atoms with van der Waals surface area (Å²) in [5.41, 5.74) is 0.194. The monoisotopic (exact) mass is 342 g/mol. The number of carbonyl (C=O) groups excluding carboxylic acids is 1. The van der Waals surface area contributed by atoms with Gasteiger partial charge in [-0.3, -0.25) is 4.79 Å². The zero-order chi connectivity index (χ0) is 14.2. The van der Waals surface area contributed by atoms with Crippen LogP contribution in [0.4, 0.5) is 17.6 Å². The summed E-state index contributed by atoms with van der Waals surface area (Å²) in [7, 11) is 0. The van der Waals surface area contributed by atoms with Gasteiger partial charge in [0.25, 0.3) is 5.91 Å². The summed E-state index contributed by atoms with van der Waals surface area (Å²) in [4.78, 5) is 11.7. The van der Waals surface area contributed by atoms with Crippen molar-refractivity contribution in [2.75, 3.05) is 6.54 Å². The number of rotatable bonds is 5. The van der Waals surface area contributed by atoms with Gasteiger partial charge in [-0.1, -0.05) is 0 Å². The van der Waals surface area contributed by atoms with Gasteiger partial charge in [-0.05, 0) is 34.8 Å². The molecule has 1 aliphatic rings. The molecule has 1 aromatic rings. The van der Waals surface area contributed by atoms with Crippen LogP contribution in [0, 0.1) is 0 Å². The summed E-state index contributed by atoms with van der Waals surface area (Å²) < 4.78 is 51.7. The van der Waals surface area contributed by atoms with E-state index in [2.05, 4.69) is 15.9 Å². The maximum Gasteiger partial charge on any atom is 0.324 e. The summed E-state index contributed by atoms with van der Waals surface area (Å²) in [6, 6.07) is 1.66. The molecular weight excluding hydrogens is 332 g/mol. The molecule has 1 aromatic heterocycles. The van der Waals surface area contributed by atoms with Crippen LogP contribution in [0.15, 0.2) is 16.7 Å². The molecule has 0 bridgehead atoms. The fourth-order valence-electron chi connectivity index (χ4n) is 1.65. The molecule has 0 unspecified atom stereocenters. The van der Waals surface area contributed by atoms with Gasteiger partial charge in [0, 0.05) is 16.7 Å². The Bertz CT molecular complexity index is 485. The summed E-state index contributed by atoms with van der Waals surface area (Å²) >= 11 is 3.19. The largest absolute Gasteiger partial charge is 0.344 e. The average Bonchev–Trinajstić information content (AvgIpc) is 3.09. The summed E-state index contributed by atoms with van der Waals surface area (Å²) in [5, 5.41) is 1.85. The van der Waals surface area contributed by atoms with Crippen LogP contribution < -0.4 is 5.32 Å². The fraction of sp³-hybridized carbons (Fsp3) is 0.545. The molecule has 0 aromatic carbocycles. The zero-order valence-electron chi connectivity index (χ0n) is 9.68. The van der Waals surface area contributed by atoms with Gasteiger partial charge in [0.2, 0.25) is 0 Å². The highest BCUT2D eigenvalue weighted by Gasteiger charge is 2.41. The summed E-state index contributed by atoms with van der Waals surface area (Å²) in [5.74, 6) is -5.00. The minimum atomic E-state index is -4.22. The van der Waals surface area contributed by atoms with E-state index >= 15 is 0 Å². The summed E-state index contributed by atoms with van der Waals surface area (Å²) in [6.45, 7) is -1.38. The van der Waals surface area contributed by atoms with Crippen molar-refractivity contribution in [2.45, 2.75) is 31.2 Å². The van der Waals surface area contributed by atoms with Crippen LogP contribution in [0.2, 0.25) is 0 Å². The highest BCUT2D eigenvalue weighted by Crippen LogP contribution is 2.37. The van der Waals surface area contributed by atoms with E-state index in [-0.39, 0.29) is 11.7 Å². The maximum atomic E-state index is 12.7. The van der Waals surface area contributed by atoms with Crippen molar-refractivity contribution in [3.8, 4) is 0 Å². The Morgan fingerprint density at radius 1 is 1.53 bits per heavy atom. The molecule has 1 N–H and O–H groups in total. The molecule has 3 nitrogen and oxygen atoms in total. The van der Waals surface area contributed by atoms with E-state index in [9.17, 15) is 22.4 Å². The normalized spacial score (nSPS) is 15.9. The van der Waals surface area contributed by atoms with Crippen LogP contribution in [0.3, 0.4) is 0 Å². The van der Waals surface area contributed by atoms with Crippen LogP contribution in [-0.4, -0.2) is 29.4 Å². The van der Waals surface area contributed by atoms with Crippen molar-refractivity contribution >= 4 is 21.8 Å². The van der Waals surface area contributed by atoms with E-state index in [1.165, 1.54) is 6.07 Å². The van der Waals surface area contributed by atoms with E-state index in [0.29, 0.717) is 4.47 Å². The third-order valence-electron chi connectivity index (χ3n) is 2.79. The Hall–Kier alpha value is -1.05. The second kappa shape index (κ2) is 5.15. The van der Waals surface area contributed by atoms with Crippen molar-refractivity contribution in [3.05, 3.63) is 22.4 Å². The van der Waals surface area contributed by atoms with Gasteiger partial charge >= 0.3 is 12.3 Å². The van der Waals surface area contributed by atoms with E-state index in [4.69, 9.17) is 0 Å². The molecule has 1 amide bonds. The molecule has 19 heavy (non-hydrogen) atoms. The lowest BCUT2D eigenvalue weighted by molar-refractivity contribution is -0.123. The lowest BCUT2D eigenvalue weighted by Gasteiger charge is -2.16. The predicted octanol–water partition coefficient (Wildman–Crippen LogP) is 3.22. The second-order valence-electron chi connectivity index (χ2n) is 4.43. The number of nitrogens with zero attached hydrogens (tertiary/aromatic N) is 1. The van der Waals surface area contributed by atoms with E-state index in [0.717, 1.165) is 12.8 Å². The van der Waals surface area contributed by atoms with Gasteiger partial charge in [0.1, 0.15) is 5.69 Å². The van der Waals surface area contributed by atoms with Gasteiger partial charge < -0.3 is 9.88 Å². The highest BCUT2D eigenvalue weighted by atomic mass is 79.9. The molecular formula is C11H11BrF4N2O. The third kappa shape index (κ3) is 3.29. The lowest BCUT2D eigenvalue weighted by atomic mass is 10.3. The van der Waals surface area contributed by atoms with Crippen LogP contribution in [0.5, 0.6) is 0 Å². The molecule has 1 heterocycles. The van der Waals surface area contributed by atoms with Crippen molar-refractivity contribution in [2.24, 2.45) is 0 Å². The van der Waals surface area contributed by atoms with Crippen molar-refractivity contribution in [1.29, 1.82) is 0 Å². The third-order valence-corrected chi connectivity index (χ3v) is 3.23. The van der Waals surface area contributed by atoms with Gasteiger partial charge in [-0.15, -0.1) is 0 Å². The average molecular weight is 343 g/mol. The first kappa shape index (κ1) is 14.4. The number of amides is 1. The second-order valence-corrected chi connectivity index (χ2v) is 5.34. The predicted molar refractivity (Wildman–Crippen MR) is 63.7 cm³/mol. The maximum absolute atomic E-state index is 12.7. The molecule has 1 aliphatic carbocycles. The molecule has 8 heteroatoms. The number of nitrogens with one attached hydrogen (secondary N) is 1. The number of hydrogen-bond acceptors (Lipinski definition) is 1. The van der Waals surface area contributed by atoms with Crippen molar-refractivity contribution in [3.63, 3.8) is 0 Å². The molecule has 1 fully saturated rings. The molecule has 0 atom stereocenters.